The van der Waals surface area contributed by atoms with Gasteiger partial charge in [-0.1, -0.05) is 21.1 Å². The molecule has 0 aliphatic rings. The van der Waals surface area contributed by atoms with E-state index in [1.165, 1.54) is 6.07 Å². The van der Waals surface area contributed by atoms with Crippen molar-refractivity contribution in [3.05, 3.63) is 27.1 Å². The molecule has 0 heterocycles. The summed E-state index contributed by atoms with van der Waals surface area (Å²) in [5.41, 5.74) is 5.24. The Hall–Kier alpha value is -0.640. The van der Waals surface area contributed by atoms with Crippen molar-refractivity contribution in [3.63, 3.8) is 0 Å². The normalized spacial score (nSPS) is 12.7. The van der Waals surface area contributed by atoms with Crippen molar-refractivity contribution in [2.75, 3.05) is 6.54 Å². The second-order valence-electron chi connectivity index (χ2n) is 3.31. The van der Waals surface area contributed by atoms with E-state index in [0.29, 0.717) is 8.95 Å². The smallest absolute Gasteiger partial charge is 0.241 e. The van der Waals surface area contributed by atoms with Gasteiger partial charge in [-0.15, -0.1) is 0 Å². The highest BCUT2D eigenvalue weighted by molar-refractivity contribution is 9.11. The fourth-order valence-corrected chi connectivity index (χ4v) is 3.66. The largest absolute Gasteiger partial charge is 0.409 e. The van der Waals surface area contributed by atoms with E-state index in [2.05, 4.69) is 41.7 Å². The number of benzene rings is 1. The summed E-state index contributed by atoms with van der Waals surface area (Å²) in [5, 5.41) is 11.1. The SMILES string of the molecule is NC(CCNS(=O)(=O)c1cc(Br)ccc1Br)=NO. The molecule has 0 fully saturated rings. The molecule has 0 bridgehead atoms. The van der Waals surface area contributed by atoms with Gasteiger partial charge in [0.2, 0.25) is 10.0 Å². The van der Waals surface area contributed by atoms with Gasteiger partial charge in [0, 0.05) is 21.9 Å². The summed E-state index contributed by atoms with van der Waals surface area (Å²) in [4.78, 5) is 0.122. The molecule has 0 unspecified atom stereocenters. The molecule has 0 atom stereocenters. The number of nitrogens with one attached hydrogen (secondary N) is 1. The molecule has 4 N–H and O–H groups in total. The first-order valence-corrected chi connectivity index (χ1v) is 7.85. The van der Waals surface area contributed by atoms with E-state index >= 15 is 0 Å². The summed E-state index contributed by atoms with van der Waals surface area (Å²) in [6.45, 7) is 0.0528. The average molecular weight is 401 g/mol. The molecule has 6 nitrogen and oxygen atoms in total. The molecule has 0 aliphatic carbocycles. The molecule has 1 rings (SSSR count). The number of nitrogens with two attached hydrogens (primary N) is 1. The van der Waals surface area contributed by atoms with E-state index in [9.17, 15) is 8.42 Å². The molecule has 100 valence electrons. The Labute approximate surface area is 122 Å². The van der Waals surface area contributed by atoms with Crippen molar-refractivity contribution in [3.8, 4) is 0 Å². The Balaban J connectivity index is 2.84. The summed E-state index contributed by atoms with van der Waals surface area (Å²) >= 11 is 6.38. The number of sulfonamides is 1. The van der Waals surface area contributed by atoms with E-state index in [1.807, 2.05) is 0 Å². The molecule has 9 heteroatoms. The Morgan fingerprint density at radius 2 is 2.11 bits per heavy atom. The molecule has 0 aliphatic heterocycles. The van der Waals surface area contributed by atoms with E-state index in [1.54, 1.807) is 12.1 Å². The van der Waals surface area contributed by atoms with Crippen LogP contribution in [0.4, 0.5) is 0 Å². The van der Waals surface area contributed by atoms with Gasteiger partial charge < -0.3 is 10.9 Å². The van der Waals surface area contributed by atoms with E-state index in [0.717, 1.165) is 0 Å². The van der Waals surface area contributed by atoms with Crippen LogP contribution in [-0.4, -0.2) is 26.0 Å². The first kappa shape index (κ1) is 15.4. The lowest BCUT2D eigenvalue weighted by molar-refractivity contribution is 0.317. The number of oxime groups is 1. The van der Waals surface area contributed by atoms with Crippen molar-refractivity contribution in [2.45, 2.75) is 11.3 Å². The van der Waals surface area contributed by atoms with Gasteiger partial charge in [0.15, 0.2) is 0 Å². The standard InChI is InChI=1S/C9H11Br2N3O3S/c10-6-1-2-7(11)8(5-6)18(16,17)13-4-3-9(12)14-15/h1-2,5,13,15H,3-4H2,(H2,12,14). The van der Waals surface area contributed by atoms with Crippen LogP contribution >= 0.6 is 31.9 Å². The topological polar surface area (TPSA) is 105 Å². The minimum atomic E-state index is -3.64. The lowest BCUT2D eigenvalue weighted by atomic mass is 10.4. The predicted molar refractivity (Wildman–Crippen MR) is 75.1 cm³/mol. The number of amidine groups is 1. The molecule has 0 saturated carbocycles. The highest BCUT2D eigenvalue weighted by Crippen LogP contribution is 2.25. The maximum Gasteiger partial charge on any atom is 0.241 e. The zero-order chi connectivity index (χ0) is 13.8. The summed E-state index contributed by atoms with van der Waals surface area (Å²) in [7, 11) is -3.64. The van der Waals surface area contributed by atoms with E-state index < -0.39 is 10.0 Å². The maximum atomic E-state index is 12.0. The van der Waals surface area contributed by atoms with E-state index in [-0.39, 0.29) is 23.7 Å². The molecular formula is C9H11Br2N3O3S. The monoisotopic (exact) mass is 399 g/mol. The average Bonchev–Trinajstić information content (AvgIpc) is 2.31. The van der Waals surface area contributed by atoms with Crippen LogP contribution in [0.3, 0.4) is 0 Å². The lowest BCUT2D eigenvalue weighted by Crippen LogP contribution is -2.28. The zero-order valence-electron chi connectivity index (χ0n) is 9.10. The number of nitrogens with zero attached hydrogens (tertiary/aromatic N) is 1. The third-order valence-corrected chi connectivity index (χ3v) is 4.93. The summed E-state index contributed by atoms with van der Waals surface area (Å²) < 4.78 is 27.4. The Morgan fingerprint density at radius 3 is 2.72 bits per heavy atom. The van der Waals surface area contributed by atoms with Crippen LogP contribution in [0.25, 0.3) is 0 Å². The highest BCUT2D eigenvalue weighted by Gasteiger charge is 2.17. The van der Waals surface area contributed by atoms with Crippen molar-refractivity contribution < 1.29 is 13.6 Å². The van der Waals surface area contributed by atoms with Crippen LogP contribution in [0.15, 0.2) is 37.2 Å². The molecule has 1 aromatic carbocycles. The van der Waals surface area contributed by atoms with Gasteiger partial charge >= 0.3 is 0 Å². The fraction of sp³-hybridized carbons (Fsp3) is 0.222. The van der Waals surface area contributed by atoms with Crippen LogP contribution in [0.5, 0.6) is 0 Å². The third-order valence-electron chi connectivity index (χ3n) is 1.98. The molecule has 0 amide bonds. The summed E-state index contributed by atoms with van der Waals surface area (Å²) in [5.74, 6) is -0.0361. The molecule has 0 saturated heterocycles. The number of halogens is 2. The highest BCUT2D eigenvalue weighted by atomic mass is 79.9. The number of hydrogen-bond donors (Lipinski definition) is 3. The quantitative estimate of drug-likeness (QED) is 0.302. The van der Waals surface area contributed by atoms with Crippen molar-refractivity contribution in [1.29, 1.82) is 0 Å². The Morgan fingerprint density at radius 1 is 1.44 bits per heavy atom. The van der Waals surface area contributed by atoms with Gasteiger partial charge in [-0.2, -0.15) is 0 Å². The van der Waals surface area contributed by atoms with Crippen molar-refractivity contribution in [1.82, 2.24) is 4.72 Å². The summed E-state index contributed by atoms with van der Waals surface area (Å²) in [6, 6.07) is 4.83. The molecule has 1 aromatic rings. The fourth-order valence-electron chi connectivity index (χ4n) is 1.12. The van der Waals surface area contributed by atoms with Crippen molar-refractivity contribution >= 4 is 47.7 Å². The van der Waals surface area contributed by atoms with Gasteiger partial charge in [0.05, 0.1) is 4.90 Å². The van der Waals surface area contributed by atoms with Gasteiger partial charge in [-0.05, 0) is 34.1 Å². The second kappa shape index (κ2) is 6.50. The van der Waals surface area contributed by atoms with Gasteiger partial charge in [0.1, 0.15) is 5.84 Å². The van der Waals surface area contributed by atoms with Gasteiger partial charge in [-0.3, -0.25) is 0 Å². The second-order valence-corrected chi connectivity index (χ2v) is 6.82. The van der Waals surface area contributed by atoms with Gasteiger partial charge in [-0.25, -0.2) is 13.1 Å². The minimum absolute atomic E-state index is 0.0361. The first-order valence-electron chi connectivity index (χ1n) is 4.78. The molecule has 0 aromatic heterocycles. The molecule has 18 heavy (non-hydrogen) atoms. The van der Waals surface area contributed by atoms with Gasteiger partial charge in [0.25, 0.3) is 0 Å². The first-order chi connectivity index (χ1) is 8.36. The van der Waals surface area contributed by atoms with Crippen molar-refractivity contribution in [2.24, 2.45) is 10.9 Å². The Bertz CT molecular complexity index is 560. The predicted octanol–water partition coefficient (Wildman–Crippen LogP) is 1.63. The maximum absolute atomic E-state index is 12.0. The van der Waals surface area contributed by atoms with Crippen LogP contribution in [0.2, 0.25) is 0 Å². The molecule has 0 spiro atoms. The van der Waals surface area contributed by atoms with E-state index in [4.69, 9.17) is 10.9 Å². The lowest BCUT2D eigenvalue weighted by Gasteiger charge is -2.08. The number of rotatable bonds is 5. The van der Waals surface area contributed by atoms with Crippen LogP contribution < -0.4 is 10.5 Å². The van der Waals surface area contributed by atoms with Crippen LogP contribution in [0.1, 0.15) is 6.42 Å². The minimum Gasteiger partial charge on any atom is -0.409 e. The Kier molecular flexibility index (Phi) is 5.57. The number of hydrogen-bond acceptors (Lipinski definition) is 4. The summed E-state index contributed by atoms with van der Waals surface area (Å²) in [6.07, 6.45) is 0.126. The van der Waals surface area contributed by atoms with Crippen LogP contribution in [0, 0.1) is 0 Å². The van der Waals surface area contributed by atoms with Crippen LogP contribution in [-0.2, 0) is 10.0 Å². The third kappa shape index (κ3) is 4.23. The molecular weight excluding hydrogens is 390 g/mol. The zero-order valence-corrected chi connectivity index (χ0v) is 13.1. The molecule has 0 radical (unpaired) electrons.